The van der Waals surface area contributed by atoms with Gasteiger partial charge >= 0.3 is 194 Å². The molecule has 28 heavy (non-hydrogen) atoms. The van der Waals surface area contributed by atoms with Crippen molar-refractivity contribution in [2.24, 2.45) is 0 Å². The first-order valence-corrected chi connectivity index (χ1v) is 19.0. The fourth-order valence-corrected chi connectivity index (χ4v) is 15.6. The Labute approximate surface area is 193 Å². The van der Waals surface area contributed by atoms with E-state index in [1.54, 1.807) is 24.6 Å². The Morgan fingerprint density at radius 1 is 0.357 bits per heavy atom. The average Bonchev–Trinajstić information content (AvgIpc) is 2.67. The summed E-state index contributed by atoms with van der Waals surface area (Å²) in [5.41, 5.74) is 0. The van der Waals surface area contributed by atoms with E-state index in [9.17, 15) is 0 Å². The fourth-order valence-electron chi connectivity index (χ4n) is 5.07. The van der Waals surface area contributed by atoms with Gasteiger partial charge in [-0.2, -0.15) is 0 Å². The van der Waals surface area contributed by atoms with Crippen LogP contribution in [0.25, 0.3) is 0 Å². The summed E-state index contributed by atoms with van der Waals surface area (Å²) < 4.78 is -1.47. The van der Waals surface area contributed by atoms with Crippen LogP contribution in [0, 0.1) is 0 Å². The van der Waals surface area contributed by atoms with Gasteiger partial charge in [0.05, 0.1) is 0 Å². The van der Waals surface area contributed by atoms with Crippen molar-refractivity contribution in [3.8, 4) is 0 Å². The second kappa shape index (κ2) is 18.9. The first kappa shape index (κ1) is 29.2. The molecule has 0 atom stereocenters. The molecule has 0 amide bonds. The molecule has 0 aliphatic heterocycles. The molecule has 0 aliphatic rings. The summed E-state index contributed by atoms with van der Waals surface area (Å²) in [7, 11) is 0. The number of unbranched alkanes of at least 4 members (excludes halogenated alkanes) is 14. The molecule has 0 heterocycles. The predicted molar refractivity (Wildman–Crippen MR) is 146 cm³/mol. The van der Waals surface area contributed by atoms with Crippen LogP contribution >= 0.6 is 26.3 Å². The molecule has 0 spiro atoms. The molecule has 0 aromatic rings. The van der Waals surface area contributed by atoms with Crippen LogP contribution in [0.1, 0.15) is 143 Å². The molecule has 0 aliphatic carbocycles. The first-order chi connectivity index (χ1) is 13.5. The Hall–Kier alpha value is 1.16. The molecule has 0 radical (unpaired) electrons. The molecule has 0 nitrogen and oxygen atoms in total. The van der Waals surface area contributed by atoms with Crippen LogP contribution in [-0.2, 0) is 0 Å². The Balaban J connectivity index is 4.26. The van der Waals surface area contributed by atoms with Crippen LogP contribution in [0.5, 0.6) is 0 Å². The maximum atomic E-state index is 3.10. The Kier molecular flexibility index (Phi) is 19.7. The van der Waals surface area contributed by atoms with Crippen molar-refractivity contribution in [2.75, 3.05) is 24.6 Å². The summed E-state index contributed by atoms with van der Waals surface area (Å²) >= 11 is 3.10. The van der Waals surface area contributed by atoms with E-state index in [0.29, 0.717) is 0 Å². The molecule has 0 aromatic heterocycles. The van der Waals surface area contributed by atoms with Crippen LogP contribution in [0.15, 0.2) is 0 Å². The van der Waals surface area contributed by atoms with Gasteiger partial charge in [-0.1, -0.05) is 0 Å². The average molecular weight is 527 g/mol. The zero-order valence-corrected chi connectivity index (χ0v) is 23.4. The van der Waals surface area contributed by atoms with Gasteiger partial charge < -0.3 is 0 Å². The third-order valence-electron chi connectivity index (χ3n) is 6.71. The Bertz CT molecular complexity index is 298. The van der Waals surface area contributed by atoms with E-state index in [4.69, 9.17) is 0 Å². The molecule has 172 valence electrons. The van der Waals surface area contributed by atoms with Gasteiger partial charge in [-0.15, -0.1) is 0 Å². The van der Waals surface area contributed by atoms with Crippen LogP contribution in [0.4, 0.5) is 0 Å². The van der Waals surface area contributed by atoms with Gasteiger partial charge in [-0.05, 0) is 0 Å². The fraction of sp³-hybridized carbons (Fsp3) is 1.00. The van der Waals surface area contributed by atoms with Gasteiger partial charge in [0.25, 0.3) is 0 Å². The van der Waals surface area contributed by atoms with Crippen molar-refractivity contribution in [1.82, 2.24) is 0 Å². The van der Waals surface area contributed by atoms with Crippen molar-refractivity contribution >= 4 is 26.3 Å². The van der Waals surface area contributed by atoms with Crippen LogP contribution in [0.2, 0.25) is 0 Å². The molecule has 0 saturated heterocycles. The molecular formula is C26H56IP. The van der Waals surface area contributed by atoms with Crippen molar-refractivity contribution in [3.05, 3.63) is 0 Å². The van der Waals surface area contributed by atoms with Crippen molar-refractivity contribution in [3.63, 3.8) is 0 Å². The summed E-state index contributed by atoms with van der Waals surface area (Å²) in [6, 6.07) is 0. The van der Waals surface area contributed by atoms with E-state index >= 15 is 0 Å². The quantitative estimate of drug-likeness (QED) is 0.0748. The van der Waals surface area contributed by atoms with Gasteiger partial charge in [0, 0.05) is 0 Å². The second-order valence-electron chi connectivity index (χ2n) is 9.66. The minimum atomic E-state index is -1.47. The molecule has 2 heteroatoms. The van der Waals surface area contributed by atoms with Crippen molar-refractivity contribution < 1.29 is 0 Å². The number of hydrogen-bond donors (Lipinski definition) is 0. The Morgan fingerprint density at radius 3 is 0.929 bits per heavy atom. The molecule has 0 rings (SSSR count). The number of halogens is 1. The molecular weight excluding hydrogens is 470 g/mol. The molecule has 0 saturated carbocycles. The summed E-state index contributed by atoms with van der Waals surface area (Å²) in [6.45, 7) is 9.52. The van der Waals surface area contributed by atoms with Gasteiger partial charge in [-0.3, -0.25) is 0 Å². The maximum absolute atomic E-state index is 3.10. The standard InChI is InChI=1S/C26H56IP/c1-5-9-11-13-15-17-19-21-25-28(27,23-7-3,24-8-4)26-22-20-18-16-14-12-10-6-2/h5-26H2,1-4H3. The third kappa shape index (κ3) is 15.0. The van der Waals surface area contributed by atoms with E-state index < -0.39 is 4.25 Å². The molecule has 0 fully saturated rings. The number of hydrogen-bond acceptors (Lipinski definition) is 0. The van der Waals surface area contributed by atoms with Gasteiger partial charge in [-0.25, -0.2) is 0 Å². The zero-order chi connectivity index (χ0) is 21.0. The summed E-state index contributed by atoms with van der Waals surface area (Å²) in [6.07, 6.45) is 32.6. The molecule has 0 unspecified atom stereocenters. The van der Waals surface area contributed by atoms with Gasteiger partial charge in [0.15, 0.2) is 0 Å². The summed E-state index contributed by atoms with van der Waals surface area (Å²) in [5, 5.41) is 0. The molecule has 0 bridgehead atoms. The second-order valence-corrected chi connectivity index (χ2v) is 23.3. The van der Waals surface area contributed by atoms with Gasteiger partial charge in [0.2, 0.25) is 0 Å². The van der Waals surface area contributed by atoms with Crippen LogP contribution in [-0.4, -0.2) is 24.6 Å². The minimum absolute atomic E-state index is 1.37. The zero-order valence-electron chi connectivity index (χ0n) is 20.4. The first-order valence-electron chi connectivity index (χ1n) is 13.3. The van der Waals surface area contributed by atoms with E-state index in [1.165, 1.54) is 116 Å². The monoisotopic (exact) mass is 526 g/mol. The topological polar surface area (TPSA) is 0 Å². The summed E-state index contributed by atoms with van der Waals surface area (Å²) in [5.74, 6) is 0. The molecule has 0 aromatic carbocycles. The summed E-state index contributed by atoms with van der Waals surface area (Å²) in [4.78, 5) is 0. The number of rotatable bonds is 22. The Morgan fingerprint density at radius 2 is 0.643 bits per heavy atom. The van der Waals surface area contributed by atoms with Crippen LogP contribution in [0.3, 0.4) is 0 Å². The van der Waals surface area contributed by atoms with Crippen molar-refractivity contribution in [2.45, 2.75) is 143 Å². The van der Waals surface area contributed by atoms with E-state index in [0.717, 1.165) is 0 Å². The van der Waals surface area contributed by atoms with E-state index in [1.807, 2.05) is 0 Å². The van der Waals surface area contributed by atoms with Crippen molar-refractivity contribution in [1.29, 1.82) is 0 Å². The predicted octanol–water partition coefficient (Wildman–Crippen LogP) is 11.0. The van der Waals surface area contributed by atoms with Crippen LogP contribution < -0.4 is 0 Å². The third-order valence-corrected chi connectivity index (χ3v) is 18.5. The normalized spacial score (nSPS) is 13.5. The van der Waals surface area contributed by atoms with E-state index in [-0.39, 0.29) is 0 Å². The SMILES string of the molecule is CCCCCCCCCCP(I)(CCC)(CCC)CCCCCCCCCC. The molecule has 0 N–H and O–H groups in total. The van der Waals surface area contributed by atoms with E-state index in [2.05, 4.69) is 49.7 Å². The van der Waals surface area contributed by atoms with Gasteiger partial charge in [0.1, 0.15) is 0 Å².